The molecule has 3 rings (SSSR count). The van der Waals surface area contributed by atoms with Crippen LogP contribution in [0.15, 0.2) is 0 Å². The fourth-order valence-electron chi connectivity index (χ4n) is 3.65. The number of amides is 1. The maximum Gasteiger partial charge on any atom is 0.223 e. The smallest absolute Gasteiger partial charge is 0.223 e. The lowest BCUT2D eigenvalue weighted by Crippen LogP contribution is -2.37. The number of Topliss-reactive ketones (excluding diaryl/α,β-unsaturated/α-hetero) is 1. The maximum absolute atomic E-state index is 11.3. The van der Waals surface area contributed by atoms with Crippen molar-refractivity contribution in [3.63, 3.8) is 0 Å². The predicted octanol–water partition coefficient (Wildman–Crippen LogP) is 3.34. The van der Waals surface area contributed by atoms with Gasteiger partial charge in [0.15, 0.2) is 0 Å². The molecule has 2 atom stereocenters. The molecule has 2 aromatic heterocycles. The number of aromatic nitrogens is 4. The fourth-order valence-corrected chi connectivity index (χ4v) is 6.02. The van der Waals surface area contributed by atoms with Crippen molar-refractivity contribution in [2.75, 3.05) is 5.32 Å². The Balaban J connectivity index is 1.87. The molecule has 1 aliphatic rings. The third kappa shape index (κ3) is 3.29. The van der Waals surface area contributed by atoms with E-state index in [1.54, 1.807) is 6.92 Å². The number of hydrogen-bond donors (Lipinski definition) is 1. The molecule has 1 aliphatic carbocycles. The Hall–Kier alpha value is -1.74. The van der Waals surface area contributed by atoms with Gasteiger partial charge in [0.2, 0.25) is 11.0 Å². The van der Waals surface area contributed by atoms with Crippen LogP contribution in [0.1, 0.15) is 68.4 Å². The van der Waals surface area contributed by atoms with E-state index in [1.165, 1.54) is 29.6 Å². The highest BCUT2D eigenvalue weighted by Crippen LogP contribution is 2.61. The number of ketones is 1. The summed E-state index contributed by atoms with van der Waals surface area (Å²) in [5.41, 5.74) is -0.272. The zero-order chi connectivity index (χ0) is 19.1. The summed E-state index contributed by atoms with van der Waals surface area (Å²) in [6.07, 6.45) is 2.28. The zero-order valence-electron chi connectivity index (χ0n) is 15.6. The van der Waals surface area contributed by atoms with Crippen LogP contribution >= 0.6 is 22.7 Å². The van der Waals surface area contributed by atoms with Gasteiger partial charge in [0.05, 0.1) is 6.42 Å². The van der Waals surface area contributed by atoms with Gasteiger partial charge in [-0.1, -0.05) is 32.1 Å². The van der Waals surface area contributed by atoms with E-state index >= 15 is 0 Å². The van der Waals surface area contributed by atoms with Gasteiger partial charge in [0.25, 0.3) is 0 Å². The first-order chi connectivity index (χ1) is 12.1. The number of nitrogens with one attached hydrogen (secondary N) is 1. The Labute approximate surface area is 160 Å². The lowest BCUT2D eigenvalue weighted by Gasteiger charge is -2.39. The Morgan fingerprint density at radius 3 is 2.50 bits per heavy atom. The molecule has 26 heavy (non-hydrogen) atoms. The topological polar surface area (TPSA) is 97.7 Å². The lowest BCUT2D eigenvalue weighted by atomic mass is 9.66. The summed E-state index contributed by atoms with van der Waals surface area (Å²) in [5.74, 6) is 0.203. The van der Waals surface area contributed by atoms with Crippen LogP contribution in [0.2, 0.25) is 0 Å². The number of carbonyl (C=O) groups excluding carboxylic acids is 2. The Kier molecular flexibility index (Phi) is 4.96. The van der Waals surface area contributed by atoms with E-state index in [0.717, 1.165) is 27.9 Å². The molecule has 0 aliphatic heterocycles. The van der Waals surface area contributed by atoms with Crippen molar-refractivity contribution < 1.29 is 9.59 Å². The molecule has 1 fully saturated rings. The van der Waals surface area contributed by atoms with E-state index in [0.29, 0.717) is 11.6 Å². The molecule has 1 amide bonds. The van der Waals surface area contributed by atoms with Crippen LogP contribution in [0.25, 0.3) is 0 Å². The molecule has 2 heterocycles. The molecule has 7 nitrogen and oxygen atoms in total. The average molecular weight is 394 g/mol. The standard InChI is InChI=1S/C17H23N5O2S2/c1-9(23)8-12-19-20-13(25-12)11-6-7-17(5,16(11,3)4)14-21-22-15(26-14)18-10(2)24/h11H,6-8H2,1-5H3,(H,18,22,24). The van der Waals surface area contributed by atoms with Crippen molar-refractivity contribution in [2.45, 2.75) is 65.2 Å². The summed E-state index contributed by atoms with van der Waals surface area (Å²) in [6.45, 7) is 9.71. The molecule has 0 spiro atoms. The van der Waals surface area contributed by atoms with Gasteiger partial charge >= 0.3 is 0 Å². The van der Waals surface area contributed by atoms with Crippen molar-refractivity contribution in [2.24, 2.45) is 5.41 Å². The van der Waals surface area contributed by atoms with Gasteiger partial charge in [0.1, 0.15) is 20.8 Å². The second kappa shape index (κ2) is 6.77. The normalized spacial score (nSPS) is 24.6. The number of rotatable bonds is 5. The molecule has 140 valence electrons. The van der Waals surface area contributed by atoms with Crippen molar-refractivity contribution in [3.8, 4) is 0 Å². The molecule has 0 bridgehead atoms. The van der Waals surface area contributed by atoms with E-state index in [2.05, 4.69) is 46.5 Å². The minimum Gasteiger partial charge on any atom is -0.301 e. The van der Waals surface area contributed by atoms with Gasteiger partial charge in [-0.25, -0.2) is 0 Å². The van der Waals surface area contributed by atoms with Crippen molar-refractivity contribution in [3.05, 3.63) is 15.0 Å². The molecule has 1 saturated carbocycles. The summed E-state index contributed by atoms with van der Waals surface area (Å²) in [6, 6.07) is 0. The lowest BCUT2D eigenvalue weighted by molar-refractivity contribution is -0.116. The monoisotopic (exact) mass is 393 g/mol. The van der Waals surface area contributed by atoms with E-state index in [9.17, 15) is 9.59 Å². The zero-order valence-corrected chi connectivity index (χ0v) is 17.3. The van der Waals surface area contributed by atoms with Crippen molar-refractivity contribution in [1.82, 2.24) is 20.4 Å². The van der Waals surface area contributed by atoms with Crippen LogP contribution in [0.4, 0.5) is 5.13 Å². The minimum atomic E-state index is -0.168. The second-order valence-corrected chi connectivity index (χ2v) is 9.72. The highest BCUT2D eigenvalue weighted by molar-refractivity contribution is 7.15. The quantitative estimate of drug-likeness (QED) is 0.836. The van der Waals surface area contributed by atoms with E-state index in [1.807, 2.05) is 0 Å². The molecule has 0 saturated heterocycles. The van der Waals surface area contributed by atoms with Crippen molar-refractivity contribution in [1.29, 1.82) is 0 Å². The van der Waals surface area contributed by atoms with Gasteiger partial charge < -0.3 is 5.32 Å². The largest absolute Gasteiger partial charge is 0.301 e. The second-order valence-electron chi connectivity index (χ2n) is 7.65. The van der Waals surface area contributed by atoms with E-state index in [-0.39, 0.29) is 28.4 Å². The van der Waals surface area contributed by atoms with Crippen LogP contribution in [0.5, 0.6) is 0 Å². The molecular formula is C17H23N5O2S2. The molecule has 9 heteroatoms. The van der Waals surface area contributed by atoms with Gasteiger partial charge in [-0.05, 0) is 25.2 Å². The van der Waals surface area contributed by atoms with E-state index < -0.39 is 0 Å². The SMILES string of the molecule is CC(=O)Cc1nnc(C2CCC(C)(c3nnc(NC(C)=O)s3)C2(C)C)s1. The van der Waals surface area contributed by atoms with Crippen LogP contribution < -0.4 is 5.32 Å². The third-order valence-electron chi connectivity index (χ3n) is 5.59. The average Bonchev–Trinajstić information content (AvgIpc) is 3.20. The Bertz CT molecular complexity index is 844. The predicted molar refractivity (Wildman–Crippen MR) is 102 cm³/mol. The van der Waals surface area contributed by atoms with Gasteiger partial charge in [-0.3, -0.25) is 9.59 Å². The summed E-state index contributed by atoms with van der Waals surface area (Å²) in [4.78, 5) is 22.6. The first-order valence-electron chi connectivity index (χ1n) is 8.57. The fraction of sp³-hybridized carbons (Fsp3) is 0.647. The molecule has 0 radical (unpaired) electrons. The highest BCUT2D eigenvalue weighted by Gasteiger charge is 2.55. The Morgan fingerprint density at radius 1 is 1.12 bits per heavy atom. The van der Waals surface area contributed by atoms with Crippen LogP contribution in [-0.4, -0.2) is 32.1 Å². The van der Waals surface area contributed by atoms with Gasteiger partial charge in [-0.15, -0.1) is 31.7 Å². The number of nitrogens with zero attached hydrogens (tertiary/aromatic N) is 4. The molecule has 2 aromatic rings. The molecule has 0 aromatic carbocycles. The first-order valence-corrected chi connectivity index (χ1v) is 10.2. The minimum absolute atomic E-state index is 0.0996. The molecule has 2 unspecified atom stereocenters. The Morgan fingerprint density at radius 2 is 1.85 bits per heavy atom. The van der Waals surface area contributed by atoms with Crippen LogP contribution in [0.3, 0.4) is 0 Å². The highest BCUT2D eigenvalue weighted by atomic mass is 32.1. The molecule has 1 N–H and O–H groups in total. The van der Waals surface area contributed by atoms with Crippen LogP contribution in [0, 0.1) is 5.41 Å². The first kappa shape index (κ1) is 19.0. The number of carbonyl (C=O) groups is 2. The summed E-state index contributed by atoms with van der Waals surface area (Å²) < 4.78 is 0. The summed E-state index contributed by atoms with van der Waals surface area (Å²) in [7, 11) is 0. The van der Waals surface area contributed by atoms with Crippen molar-refractivity contribution >= 4 is 39.5 Å². The number of hydrogen-bond acceptors (Lipinski definition) is 8. The number of anilines is 1. The summed E-state index contributed by atoms with van der Waals surface area (Å²) >= 11 is 2.98. The maximum atomic E-state index is 11.3. The van der Waals surface area contributed by atoms with Gasteiger partial charge in [0, 0.05) is 18.3 Å². The summed E-state index contributed by atoms with van der Waals surface area (Å²) in [5, 5.41) is 23.0. The van der Waals surface area contributed by atoms with Gasteiger partial charge in [-0.2, -0.15) is 0 Å². The van der Waals surface area contributed by atoms with E-state index in [4.69, 9.17) is 0 Å². The third-order valence-corrected chi connectivity index (χ3v) is 7.73. The molecular weight excluding hydrogens is 370 g/mol. The van der Waals surface area contributed by atoms with Crippen LogP contribution in [-0.2, 0) is 21.4 Å².